The van der Waals surface area contributed by atoms with Crippen LogP contribution in [0.1, 0.15) is 35.8 Å². The summed E-state index contributed by atoms with van der Waals surface area (Å²) in [6.45, 7) is 2.49. The van der Waals surface area contributed by atoms with Gasteiger partial charge in [-0.2, -0.15) is 0 Å². The number of aryl methyl sites for hydroxylation is 1. The predicted octanol–water partition coefficient (Wildman–Crippen LogP) is 3.64. The van der Waals surface area contributed by atoms with E-state index in [1.54, 1.807) is 11.0 Å². The second-order valence-electron chi connectivity index (χ2n) is 7.19. The lowest BCUT2D eigenvalue weighted by molar-refractivity contribution is -0.119. The van der Waals surface area contributed by atoms with Gasteiger partial charge in [0.15, 0.2) is 5.13 Å². The van der Waals surface area contributed by atoms with E-state index < -0.39 is 6.04 Å². The van der Waals surface area contributed by atoms with E-state index in [4.69, 9.17) is 4.52 Å². The van der Waals surface area contributed by atoms with Crippen LogP contribution in [0.25, 0.3) is 21.3 Å². The van der Waals surface area contributed by atoms with Gasteiger partial charge in [0.25, 0.3) is 11.6 Å². The molecule has 9 heteroatoms. The number of aromatic nitrogens is 3. The van der Waals surface area contributed by atoms with Gasteiger partial charge in [0.2, 0.25) is 5.91 Å². The van der Waals surface area contributed by atoms with Gasteiger partial charge in [0.1, 0.15) is 6.04 Å². The Hall–Kier alpha value is -3.33. The Bertz CT molecular complexity index is 1230. The Kier molecular flexibility index (Phi) is 4.66. The van der Waals surface area contributed by atoms with Crippen LogP contribution in [0, 0.1) is 0 Å². The van der Waals surface area contributed by atoms with Crippen LogP contribution in [0.4, 0.5) is 5.13 Å². The molecule has 5 rings (SSSR count). The summed E-state index contributed by atoms with van der Waals surface area (Å²) in [6, 6.07) is 8.94. The highest BCUT2D eigenvalue weighted by Gasteiger charge is 2.35. The van der Waals surface area contributed by atoms with Gasteiger partial charge in [-0.1, -0.05) is 35.5 Å². The van der Waals surface area contributed by atoms with E-state index in [0.717, 1.165) is 27.7 Å². The lowest BCUT2D eigenvalue weighted by Crippen LogP contribution is -2.43. The maximum atomic E-state index is 13.2. The molecule has 1 saturated heterocycles. The number of likely N-dealkylation sites (tertiary alicyclic amines) is 1. The normalized spacial score (nSPS) is 16.4. The van der Waals surface area contributed by atoms with Gasteiger partial charge >= 0.3 is 0 Å². The maximum Gasteiger partial charge on any atom is 0.257 e. The van der Waals surface area contributed by atoms with E-state index in [9.17, 15) is 9.59 Å². The lowest BCUT2D eigenvalue weighted by Gasteiger charge is -2.23. The molecule has 4 heterocycles. The second-order valence-corrected chi connectivity index (χ2v) is 8.22. The number of amides is 2. The molecule has 3 aromatic heterocycles. The number of thiazole rings is 1. The maximum absolute atomic E-state index is 13.2. The fourth-order valence-electron chi connectivity index (χ4n) is 3.81. The molecule has 1 fully saturated rings. The number of carbonyl (C=O) groups excluding carboxylic acids is 2. The molecule has 0 aliphatic carbocycles. The zero-order valence-corrected chi connectivity index (χ0v) is 17.1. The summed E-state index contributed by atoms with van der Waals surface area (Å²) in [5.41, 5.74) is 2.45. The van der Waals surface area contributed by atoms with Gasteiger partial charge in [-0.25, -0.2) is 9.97 Å². The zero-order valence-electron chi connectivity index (χ0n) is 16.3. The fraction of sp³-hybridized carbons (Fsp3) is 0.286. The number of pyridine rings is 1. The minimum absolute atomic E-state index is 0.213. The smallest absolute Gasteiger partial charge is 0.257 e. The zero-order chi connectivity index (χ0) is 20.7. The van der Waals surface area contributed by atoms with Gasteiger partial charge in [-0.3, -0.25) is 9.59 Å². The van der Waals surface area contributed by atoms with Gasteiger partial charge in [-0.05, 0) is 37.5 Å². The highest BCUT2D eigenvalue weighted by Crippen LogP contribution is 2.28. The number of carbonyl (C=O) groups is 2. The van der Waals surface area contributed by atoms with Crippen LogP contribution in [0.15, 0.2) is 41.1 Å². The first-order valence-corrected chi connectivity index (χ1v) is 10.7. The third-order valence-corrected chi connectivity index (χ3v) is 6.28. The highest BCUT2D eigenvalue weighted by atomic mass is 32.1. The van der Waals surface area contributed by atoms with Crippen molar-refractivity contribution < 1.29 is 14.1 Å². The van der Waals surface area contributed by atoms with Gasteiger partial charge in [0, 0.05) is 12.7 Å². The molecule has 1 aliphatic heterocycles. The average Bonchev–Trinajstić information content (AvgIpc) is 3.49. The van der Waals surface area contributed by atoms with Crippen LogP contribution < -0.4 is 5.32 Å². The third-order valence-electron chi connectivity index (χ3n) is 5.33. The van der Waals surface area contributed by atoms with Crippen LogP contribution in [0.5, 0.6) is 0 Å². The molecule has 2 amide bonds. The highest BCUT2D eigenvalue weighted by molar-refractivity contribution is 7.22. The molecule has 1 atom stereocenters. The monoisotopic (exact) mass is 421 g/mol. The molecule has 4 aromatic rings. The van der Waals surface area contributed by atoms with Crippen molar-refractivity contribution in [3.63, 3.8) is 0 Å². The van der Waals surface area contributed by atoms with Crippen molar-refractivity contribution in [2.45, 2.75) is 32.2 Å². The van der Waals surface area contributed by atoms with Crippen molar-refractivity contribution in [1.29, 1.82) is 0 Å². The van der Waals surface area contributed by atoms with Crippen molar-refractivity contribution in [1.82, 2.24) is 20.0 Å². The van der Waals surface area contributed by atoms with Crippen molar-refractivity contribution >= 4 is 49.6 Å². The summed E-state index contributed by atoms with van der Waals surface area (Å²) in [5.74, 6) is -0.428. The molecule has 1 aliphatic rings. The topological polar surface area (TPSA) is 101 Å². The summed E-state index contributed by atoms with van der Waals surface area (Å²) < 4.78 is 6.20. The van der Waals surface area contributed by atoms with Gasteiger partial charge in [0.05, 0.1) is 26.9 Å². The molecule has 1 N–H and O–H groups in total. The lowest BCUT2D eigenvalue weighted by atomic mass is 10.1. The van der Waals surface area contributed by atoms with E-state index in [2.05, 4.69) is 20.4 Å². The second kappa shape index (κ2) is 7.49. The number of nitrogens with zero attached hydrogens (tertiary/aromatic N) is 4. The largest absolute Gasteiger partial charge is 0.336 e. The first-order valence-electron chi connectivity index (χ1n) is 9.85. The number of para-hydroxylation sites is 1. The van der Waals surface area contributed by atoms with Crippen LogP contribution in [0.3, 0.4) is 0 Å². The standard InChI is InChI=1S/C21H19N5O3S/c1-2-14-13-10-12(11-22-19(13)29-25-14)20(28)26-9-5-7-16(26)18(27)24-21-23-15-6-3-4-8-17(15)30-21/h3-4,6,8,10-11,16H,2,5,7,9H2,1H3,(H,23,24,27). The quantitative estimate of drug-likeness (QED) is 0.540. The van der Waals surface area contributed by atoms with Crippen LogP contribution in [-0.2, 0) is 11.2 Å². The molecule has 30 heavy (non-hydrogen) atoms. The summed E-state index contributed by atoms with van der Waals surface area (Å²) >= 11 is 1.42. The van der Waals surface area contributed by atoms with Crippen molar-refractivity contribution in [2.75, 3.05) is 11.9 Å². The molecule has 1 aromatic carbocycles. The van der Waals surface area contributed by atoms with E-state index in [1.807, 2.05) is 31.2 Å². The Morgan fingerprint density at radius 2 is 2.20 bits per heavy atom. The minimum atomic E-state index is -0.534. The van der Waals surface area contributed by atoms with E-state index in [-0.39, 0.29) is 11.8 Å². The van der Waals surface area contributed by atoms with Crippen LogP contribution >= 0.6 is 11.3 Å². The number of hydrogen-bond donors (Lipinski definition) is 1. The van der Waals surface area contributed by atoms with Crippen molar-refractivity contribution in [2.24, 2.45) is 0 Å². The molecule has 0 spiro atoms. The third kappa shape index (κ3) is 3.21. The molecule has 152 valence electrons. The van der Waals surface area contributed by atoms with E-state index in [1.165, 1.54) is 17.5 Å². The number of nitrogens with one attached hydrogen (secondary N) is 1. The van der Waals surface area contributed by atoms with E-state index >= 15 is 0 Å². The fourth-order valence-corrected chi connectivity index (χ4v) is 4.68. The summed E-state index contributed by atoms with van der Waals surface area (Å²) in [5, 5.41) is 8.15. The molecule has 0 saturated carbocycles. The molecule has 1 unspecified atom stereocenters. The summed E-state index contributed by atoms with van der Waals surface area (Å²) in [4.78, 5) is 36.4. The Morgan fingerprint density at radius 3 is 3.03 bits per heavy atom. The molecule has 8 nitrogen and oxygen atoms in total. The Balaban J connectivity index is 1.37. The van der Waals surface area contributed by atoms with Crippen molar-refractivity contribution in [3.05, 3.63) is 47.8 Å². The molecular weight excluding hydrogens is 402 g/mol. The minimum Gasteiger partial charge on any atom is -0.336 e. The number of rotatable bonds is 4. The number of fused-ring (bicyclic) bond motifs is 2. The van der Waals surface area contributed by atoms with Gasteiger partial charge < -0.3 is 14.7 Å². The van der Waals surface area contributed by atoms with E-state index in [0.29, 0.717) is 35.8 Å². The Labute approximate surface area is 175 Å². The van der Waals surface area contributed by atoms with Crippen LogP contribution in [0.2, 0.25) is 0 Å². The molecule has 0 bridgehead atoms. The number of anilines is 1. The first-order chi connectivity index (χ1) is 14.6. The molecule has 0 radical (unpaired) electrons. The summed E-state index contributed by atoms with van der Waals surface area (Å²) in [7, 11) is 0. The first kappa shape index (κ1) is 18.7. The summed E-state index contributed by atoms with van der Waals surface area (Å²) in [6.07, 6.45) is 3.55. The van der Waals surface area contributed by atoms with Gasteiger partial charge in [-0.15, -0.1) is 0 Å². The SMILES string of the molecule is CCc1noc2ncc(C(=O)N3CCCC3C(=O)Nc3nc4ccccc4s3)cc12. The van der Waals surface area contributed by atoms with Crippen LogP contribution in [-0.4, -0.2) is 44.4 Å². The average molecular weight is 421 g/mol. The number of benzene rings is 1. The number of hydrogen-bond acceptors (Lipinski definition) is 7. The predicted molar refractivity (Wildman–Crippen MR) is 113 cm³/mol. The Morgan fingerprint density at radius 1 is 1.33 bits per heavy atom. The molecular formula is C21H19N5O3S. The van der Waals surface area contributed by atoms with Crippen molar-refractivity contribution in [3.8, 4) is 0 Å².